The van der Waals surface area contributed by atoms with Crippen molar-refractivity contribution in [2.45, 2.75) is 45.4 Å². The fourth-order valence-corrected chi connectivity index (χ4v) is 1.63. The Labute approximate surface area is 96.1 Å². The minimum atomic E-state index is -0.250. The van der Waals surface area contributed by atoms with E-state index in [1.165, 1.54) is 50.3 Å². The monoisotopic (exact) mass is 234 g/mol. The summed E-state index contributed by atoms with van der Waals surface area (Å²) in [4.78, 5) is 8.36. The molecule has 0 heterocycles. The van der Waals surface area contributed by atoms with Crippen LogP contribution in [0.15, 0.2) is 0 Å². The van der Waals surface area contributed by atoms with E-state index in [1.807, 2.05) is 0 Å². The van der Waals surface area contributed by atoms with Gasteiger partial charge in [-0.05, 0) is 6.42 Å². The maximum atomic E-state index is 8.36. The van der Waals surface area contributed by atoms with Crippen LogP contribution in [0.1, 0.15) is 45.4 Å². The molecule has 4 N–H and O–H groups in total. The molecular weight excluding hydrogens is 212 g/mol. The Kier molecular flexibility index (Phi) is 17.5. The van der Waals surface area contributed by atoms with Crippen LogP contribution in [0.2, 0.25) is 0 Å². The molecule has 0 aromatic rings. The van der Waals surface area contributed by atoms with Crippen LogP contribution in [-0.4, -0.2) is 22.5 Å². The van der Waals surface area contributed by atoms with Crippen molar-refractivity contribution in [3.63, 3.8) is 0 Å². The van der Waals surface area contributed by atoms with E-state index in [9.17, 15) is 0 Å². The number of thioether (sulfide) groups is 1. The van der Waals surface area contributed by atoms with Crippen molar-refractivity contribution in [2.24, 2.45) is 5.73 Å². The van der Waals surface area contributed by atoms with Crippen LogP contribution in [0.25, 0.3) is 0 Å². The van der Waals surface area contributed by atoms with E-state index in [0.717, 1.165) is 5.75 Å². The van der Waals surface area contributed by atoms with Gasteiger partial charge < -0.3 is 10.8 Å². The van der Waals surface area contributed by atoms with Gasteiger partial charge in [0, 0.05) is 5.75 Å². The summed E-state index contributed by atoms with van der Waals surface area (Å²) in [5.41, 5.74) is 5.20. The summed E-state index contributed by atoms with van der Waals surface area (Å²) in [6, 6.07) is 0. The van der Waals surface area contributed by atoms with Crippen LogP contribution >= 0.6 is 11.8 Å². The van der Waals surface area contributed by atoms with Crippen molar-refractivity contribution in [1.82, 2.24) is 0 Å². The predicted octanol–water partition coefficient (Wildman–Crippen LogP) is 2.67. The van der Waals surface area contributed by atoms with Crippen molar-refractivity contribution >= 4 is 23.4 Å². The second kappa shape index (κ2) is 15.7. The van der Waals surface area contributed by atoms with E-state index in [2.05, 4.69) is 6.92 Å². The van der Waals surface area contributed by atoms with Crippen molar-refractivity contribution < 1.29 is 9.90 Å². The Morgan fingerprint density at radius 1 is 1.33 bits per heavy atom. The molecule has 5 heteroatoms. The number of hydrogen-bond donors (Lipinski definition) is 3. The third kappa shape index (κ3) is 24.6. The fourth-order valence-electron chi connectivity index (χ4n) is 1.06. The van der Waals surface area contributed by atoms with E-state index in [-0.39, 0.29) is 11.6 Å². The normalized spacial score (nSPS) is 8.87. The fraction of sp³-hybridized carbons (Fsp3) is 0.800. The van der Waals surface area contributed by atoms with Gasteiger partial charge in [-0.15, -0.1) is 0 Å². The van der Waals surface area contributed by atoms with Gasteiger partial charge in [-0.25, -0.2) is 0 Å². The summed E-state index contributed by atoms with van der Waals surface area (Å²) < 4.78 is 0. The van der Waals surface area contributed by atoms with Crippen LogP contribution in [-0.2, 0) is 4.79 Å². The Morgan fingerprint density at radius 2 is 1.80 bits per heavy atom. The maximum Gasteiger partial charge on any atom is 0.290 e. The lowest BCUT2D eigenvalue weighted by molar-refractivity contribution is -0.122. The molecule has 0 unspecified atom stereocenters. The SMILES string of the molecule is CCCCCCCCSC(=N)N.O=CO. The highest BCUT2D eigenvalue weighted by molar-refractivity contribution is 8.13. The topological polar surface area (TPSA) is 87.2 Å². The molecule has 0 aromatic carbocycles. The van der Waals surface area contributed by atoms with E-state index in [0.29, 0.717) is 0 Å². The minimum Gasteiger partial charge on any atom is -0.483 e. The van der Waals surface area contributed by atoms with Gasteiger partial charge >= 0.3 is 0 Å². The van der Waals surface area contributed by atoms with Gasteiger partial charge in [0.15, 0.2) is 5.17 Å². The summed E-state index contributed by atoms with van der Waals surface area (Å²) in [7, 11) is 0. The summed E-state index contributed by atoms with van der Waals surface area (Å²) in [5, 5.41) is 14.1. The van der Waals surface area contributed by atoms with Crippen LogP contribution in [0.4, 0.5) is 0 Å². The lowest BCUT2D eigenvalue weighted by Crippen LogP contribution is -2.04. The van der Waals surface area contributed by atoms with Crippen LogP contribution in [0, 0.1) is 5.41 Å². The van der Waals surface area contributed by atoms with E-state index in [4.69, 9.17) is 21.0 Å². The first-order valence-corrected chi connectivity index (χ1v) is 6.22. The zero-order valence-corrected chi connectivity index (χ0v) is 10.2. The number of unbranched alkanes of at least 4 members (excludes halogenated alkanes) is 5. The van der Waals surface area contributed by atoms with Crippen molar-refractivity contribution in [3.8, 4) is 0 Å². The predicted molar refractivity (Wildman–Crippen MR) is 66.4 cm³/mol. The van der Waals surface area contributed by atoms with E-state index < -0.39 is 0 Å². The lowest BCUT2D eigenvalue weighted by atomic mass is 10.1. The molecule has 0 rings (SSSR count). The summed E-state index contributed by atoms with van der Waals surface area (Å²) in [6.45, 7) is 1.98. The van der Waals surface area contributed by atoms with E-state index >= 15 is 0 Å². The highest BCUT2D eigenvalue weighted by Crippen LogP contribution is 2.08. The molecule has 0 spiro atoms. The summed E-state index contributed by atoms with van der Waals surface area (Å²) >= 11 is 1.46. The number of hydrogen-bond acceptors (Lipinski definition) is 3. The molecule has 0 radical (unpaired) electrons. The van der Waals surface area contributed by atoms with Crippen molar-refractivity contribution in [3.05, 3.63) is 0 Å². The molecule has 0 aliphatic carbocycles. The molecule has 0 amide bonds. The zero-order chi connectivity index (χ0) is 11.9. The van der Waals surface area contributed by atoms with Gasteiger partial charge in [0.2, 0.25) is 0 Å². The minimum absolute atomic E-state index is 0.250. The average Bonchev–Trinajstić information content (AvgIpc) is 2.17. The first-order chi connectivity index (χ1) is 7.18. The molecule has 4 nitrogen and oxygen atoms in total. The van der Waals surface area contributed by atoms with E-state index in [1.54, 1.807) is 0 Å². The first kappa shape index (κ1) is 16.7. The molecule has 0 aliphatic heterocycles. The van der Waals surface area contributed by atoms with Crippen molar-refractivity contribution in [2.75, 3.05) is 5.75 Å². The van der Waals surface area contributed by atoms with Gasteiger partial charge in [-0.2, -0.15) is 0 Å². The number of amidine groups is 1. The molecule has 0 saturated carbocycles. The second-order valence-corrected chi connectivity index (χ2v) is 4.22. The quantitative estimate of drug-likeness (QED) is 0.273. The molecule has 15 heavy (non-hydrogen) atoms. The number of carbonyl (C=O) groups is 1. The van der Waals surface area contributed by atoms with Crippen LogP contribution in [0.3, 0.4) is 0 Å². The van der Waals surface area contributed by atoms with Crippen LogP contribution in [0.5, 0.6) is 0 Å². The third-order valence-corrected chi connectivity index (χ3v) is 2.56. The highest BCUT2D eigenvalue weighted by atomic mass is 32.2. The molecule has 0 fully saturated rings. The summed E-state index contributed by atoms with van der Waals surface area (Å²) in [6.07, 6.45) is 7.86. The molecular formula is C10H22N2O2S. The molecule has 0 aromatic heterocycles. The number of nitrogens with one attached hydrogen (secondary N) is 1. The Bertz CT molecular complexity index is 154. The van der Waals surface area contributed by atoms with Gasteiger partial charge in [0.25, 0.3) is 6.47 Å². The summed E-state index contributed by atoms with van der Waals surface area (Å²) in [5.74, 6) is 1.02. The molecule has 90 valence electrons. The second-order valence-electron chi connectivity index (χ2n) is 3.09. The number of nitrogens with two attached hydrogens (primary N) is 1. The van der Waals surface area contributed by atoms with Gasteiger partial charge in [0.1, 0.15) is 0 Å². The molecule has 0 saturated heterocycles. The number of rotatable bonds is 7. The standard InChI is InChI=1S/C9H20N2S.CH2O2/c1-2-3-4-5-6-7-8-12-9(10)11;2-1-3/h2-8H2,1H3,(H3,10,11);1H,(H,2,3). The van der Waals surface area contributed by atoms with Gasteiger partial charge in [-0.3, -0.25) is 10.2 Å². The largest absolute Gasteiger partial charge is 0.483 e. The zero-order valence-electron chi connectivity index (χ0n) is 9.37. The average molecular weight is 234 g/mol. The third-order valence-electron chi connectivity index (χ3n) is 1.76. The number of carboxylic acid groups (broad SMARTS) is 1. The smallest absolute Gasteiger partial charge is 0.290 e. The Morgan fingerprint density at radius 3 is 2.27 bits per heavy atom. The first-order valence-electron chi connectivity index (χ1n) is 5.23. The Balaban J connectivity index is 0. The van der Waals surface area contributed by atoms with Crippen molar-refractivity contribution in [1.29, 1.82) is 5.41 Å². The Hall–Kier alpha value is -0.710. The highest BCUT2D eigenvalue weighted by Gasteiger charge is 1.92. The van der Waals surface area contributed by atoms with Gasteiger partial charge in [-0.1, -0.05) is 50.8 Å². The molecule has 0 aliphatic rings. The molecule has 0 bridgehead atoms. The maximum absolute atomic E-state index is 8.36. The van der Waals surface area contributed by atoms with Gasteiger partial charge in [0.05, 0.1) is 0 Å². The lowest BCUT2D eigenvalue weighted by Gasteiger charge is -1.99. The molecule has 0 atom stereocenters. The van der Waals surface area contributed by atoms with Crippen LogP contribution < -0.4 is 5.73 Å².